The molecule has 6 unspecified atom stereocenters. The van der Waals surface area contributed by atoms with E-state index in [4.69, 9.17) is 0 Å². The molecule has 2 N–H and O–H groups in total. The zero-order valence-electron chi connectivity index (χ0n) is 13.8. The molecule has 0 aromatic heterocycles. The van der Waals surface area contributed by atoms with Gasteiger partial charge in [0.25, 0.3) is 0 Å². The van der Waals surface area contributed by atoms with Crippen LogP contribution in [0.1, 0.15) is 58.3 Å². The van der Waals surface area contributed by atoms with E-state index >= 15 is 0 Å². The first-order chi connectivity index (χ1) is 10.5. The second-order valence-corrected chi connectivity index (χ2v) is 8.60. The summed E-state index contributed by atoms with van der Waals surface area (Å²) in [4.78, 5) is 14.5. The highest BCUT2D eigenvalue weighted by atomic mass is 16.3. The average Bonchev–Trinajstić information content (AvgIpc) is 2.79. The summed E-state index contributed by atoms with van der Waals surface area (Å²) in [7, 11) is 0. The van der Waals surface area contributed by atoms with Crippen LogP contribution in [-0.4, -0.2) is 46.7 Å². The van der Waals surface area contributed by atoms with Crippen molar-refractivity contribution in [3.63, 3.8) is 0 Å². The molecule has 0 aromatic rings. The molecular weight excluding hydrogens is 276 g/mol. The Morgan fingerprint density at radius 1 is 1.23 bits per heavy atom. The minimum atomic E-state index is -0.388. The van der Waals surface area contributed by atoms with Crippen LogP contribution < -0.4 is 5.32 Å². The molecule has 1 amide bonds. The monoisotopic (exact) mass is 306 g/mol. The first-order valence-electron chi connectivity index (χ1n) is 9.28. The van der Waals surface area contributed by atoms with E-state index in [0.717, 1.165) is 51.0 Å². The van der Waals surface area contributed by atoms with E-state index in [0.29, 0.717) is 30.5 Å². The highest BCUT2D eigenvalue weighted by molar-refractivity contribution is 5.78. The van der Waals surface area contributed by atoms with E-state index < -0.39 is 0 Å². The van der Waals surface area contributed by atoms with Gasteiger partial charge in [0.1, 0.15) is 0 Å². The van der Waals surface area contributed by atoms with Gasteiger partial charge in [-0.05, 0) is 76.0 Å². The van der Waals surface area contributed by atoms with Crippen LogP contribution in [0.3, 0.4) is 0 Å². The number of carbonyl (C=O) groups is 1. The molecule has 22 heavy (non-hydrogen) atoms. The van der Waals surface area contributed by atoms with Gasteiger partial charge in [-0.25, -0.2) is 0 Å². The Bertz CT molecular complexity index is 454. The number of hydrogen-bond donors (Lipinski definition) is 2. The molecule has 0 spiro atoms. The van der Waals surface area contributed by atoms with Crippen molar-refractivity contribution in [2.24, 2.45) is 17.8 Å². The van der Waals surface area contributed by atoms with E-state index in [-0.39, 0.29) is 11.5 Å². The number of nitrogens with zero attached hydrogens (tertiary/aromatic N) is 1. The number of carbonyl (C=O) groups excluding carboxylic acids is 1. The van der Waals surface area contributed by atoms with Crippen LogP contribution in [0.25, 0.3) is 0 Å². The van der Waals surface area contributed by atoms with E-state index in [1.807, 2.05) is 4.90 Å². The Kier molecular flexibility index (Phi) is 3.73. The summed E-state index contributed by atoms with van der Waals surface area (Å²) in [6.07, 6.45) is 8.98. The fourth-order valence-electron chi connectivity index (χ4n) is 6.05. The zero-order valence-corrected chi connectivity index (χ0v) is 13.8. The van der Waals surface area contributed by atoms with Gasteiger partial charge in [0.2, 0.25) is 5.91 Å². The number of rotatable bonds is 3. The van der Waals surface area contributed by atoms with Crippen LogP contribution >= 0.6 is 0 Å². The van der Waals surface area contributed by atoms with Crippen molar-refractivity contribution >= 4 is 5.91 Å². The molecular formula is C18H30N2O2. The molecule has 0 radical (unpaired) electrons. The maximum atomic E-state index is 12.4. The Morgan fingerprint density at radius 2 is 2.00 bits per heavy atom. The van der Waals surface area contributed by atoms with Crippen molar-refractivity contribution in [2.45, 2.75) is 76.0 Å². The van der Waals surface area contributed by atoms with Crippen molar-refractivity contribution in [2.75, 3.05) is 13.1 Å². The third-order valence-electron chi connectivity index (χ3n) is 6.83. The second kappa shape index (κ2) is 5.48. The van der Waals surface area contributed by atoms with E-state index in [1.165, 1.54) is 12.8 Å². The maximum Gasteiger partial charge on any atom is 0.236 e. The molecule has 6 atom stereocenters. The molecule has 1 saturated heterocycles. The highest BCUT2D eigenvalue weighted by Crippen LogP contribution is 2.53. The fraction of sp³-hybridized carbons (Fsp3) is 0.944. The van der Waals surface area contributed by atoms with Gasteiger partial charge in [0, 0.05) is 18.6 Å². The van der Waals surface area contributed by atoms with Crippen LogP contribution in [0.15, 0.2) is 0 Å². The minimum absolute atomic E-state index is 0.271. The van der Waals surface area contributed by atoms with Gasteiger partial charge in [-0.15, -0.1) is 0 Å². The highest BCUT2D eigenvalue weighted by Gasteiger charge is 2.50. The van der Waals surface area contributed by atoms with Crippen molar-refractivity contribution in [1.29, 1.82) is 0 Å². The number of aliphatic hydroxyl groups is 1. The van der Waals surface area contributed by atoms with Gasteiger partial charge < -0.3 is 15.3 Å². The molecule has 1 aliphatic heterocycles. The van der Waals surface area contributed by atoms with Crippen LogP contribution in [0, 0.1) is 17.8 Å². The Morgan fingerprint density at radius 3 is 2.68 bits per heavy atom. The van der Waals surface area contributed by atoms with Crippen molar-refractivity contribution < 1.29 is 9.90 Å². The Labute approximate surface area is 133 Å². The van der Waals surface area contributed by atoms with Crippen LogP contribution in [-0.2, 0) is 4.79 Å². The lowest BCUT2D eigenvalue weighted by molar-refractivity contribution is -0.131. The molecule has 4 bridgehead atoms. The fourth-order valence-corrected chi connectivity index (χ4v) is 6.05. The summed E-state index contributed by atoms with van der Waals surface area (Å²) >= 11 is 0. The SMILES string of the molecule is CC1CCCN1C(=O)CNC1CC2CC3CC1CC(O)(C3)C2. The van der Waals surface area contributed by atoms with E-state index in [2.05, 4.69) is 12.2 Å². The van der Waals surface area contributed by atoms with Gasteiger partial charge >= 0.3 is 0 Å². The predicted octanol–water partition coefficient (Wildman–Crippen LogP) is 1.92. The molecule has 1 heterocycles. The van der Waals surface area contributed by atoms with Crippen LogP contribution in [0.2, 0.25) is 0 Å². The van der Waals surface area contributed by atoms with E-state index in [9.17, 15) is 9.90 Å². The average molecular weight is 306 g/mol. The van der Waals surface area contributed by atoms with Crippen molar-refractivity contribution in [3.8, 4) is 0 Å². The number of amides is 1. The summed E-state index contributed by atoms with van der Waals surface area (Å²) in [6, 6.07) is 0.849. The topological polar surface area (TPSA) is 52.6 Å². The molecule has 4 heteroatoms. The lowest BCUT2D eigenvalue weighted by atomic mass is 9.65. The van der Waals surface area contributed by atoms with Gasteiger partial charge in [-0.2, -0.15) is 0 Å². The van der Waals surface area contributed by atoms with Gasteiger partial charge in [-0.3, -0.25) is 4.79 Å². The largest absolute Gasteiger partial charge is 0.390 e. The molecule has 0 aromatic carbocycles. The van der Waals surface area contributed by atoms with E-state index in [1.54, 1.807) is 0 Å². The zero-order chi connectivity index (χ0) is 15.3. The first kappa shape index (κ1) is 14.9. The third-order valence-corrected chi connectivity index (χ3v) is 6.83. The predicted molar refractivity (Wildman–Crippen MR) is 85.3 cm³/mol. The second-order valence-electron chi connectivity index (χ2n) is 8.60. The van der Waals surface area contributed by atoms with Gasteiger partial charge in [0.15, 0.2) is 0 Å². The Balaban J connectivity index is 1.38. The smallest absolute Gasteiger partial charge is 0.236 e. The molecule has 4 saturated carbocycles. The number of likely N-dealkylation sites (tertiary alicyclic amines) is 1. The number of fused-ring (bicyclic) bond motifs is 1. The summed E-state index contributed by atoms with van der Waals surface area (Å²) in [5, 5.41) is 14.4. The molecule has 5 aliphatic rings. The quantitative estimate of drug-likeness (QED) is 0.837. The van der Waals surface area contributed by atoms with Crippen molar-refractivity contribution in [3.05, 3.63) is 0 Å². The standard InChI is InChI=1S/C18H30N2O2/c1-12-3-2-4-20(12)17(21)11-19-16-7-14-5-13-6-15(16)10-18(22,8-13)9-14/h12-16,19,22H,2-11H2,1H3. The summed E-state index contributed by atoms with van der Waals surface area (Å²) in [5.41, 5.74) is -0.388. The summed E-state index contributed by atoms with van der Waals surface area (Å²) in [6.45, 7) is 3.58. The van der Waals surface area contributed by atoms with Crippen LogP contribution in [0.4, 0.5) is 0 Å². The lowest BCUT2D eigenvalue weighted by Gasteiger charge is -2.45. The number of nitrogens with one attached hydrogen (secondary N) is 1. The third kappa shape index (κ3) is 2.69. The first-order valence-corrected chi connectivity index (χ1v) is 9.28. The molecule has 5 rings (SSSR count). The van der Waals surface area contributed by atoms with Gasteiger partial charge in [-0.1, -0.05) is 0 Å². The maximum absolute atomic E-state index is 12.4. The summed E-state index contributed by atoms with van der Waals surface area (Å²) < 4.78 is 0. The Hall–Kier alpha value is -0.610. The summed E-state index contributed by atoms with van der Waals surface area (Å²) in [5.74, 6) is 2.23. The molecule has 4 aliphatic carbocycles. The number of hydrogen-bond acceptors (Lipinski definition) is 3. The van der Waals surface area contributed by atoms with Crippen molar-refractivity contribution in [1.82, 2.24) is 10.2 Å². The normalized spacial score (nSPS) is 47.0. The lowest BCUT2D eigenvalue weighted by Crippen LogP contribution is -2.47. The van der Waals surface area contributed by atoms with Gasteiger partial charge in [0.05, 0.1) is 12.1 Å². The molecule has 4 nitrogen and oxygen atoms in total. The molecule has 124 valence electrons. The molecule has 5 fully saturated rings. The minimum Gasteiger partial charge on any atom is -0.390 e. The van der Waals surface area contributed by atoms with Crippen LogP contribution in [0.5, 0.6) is 0 Å².